The number of nitrogens with zero attached hydrogens (tertiary/aromatic N) is 18. The Hall–Kier alpha value is -13.5. The number of aromatic nitrogens is 6. The van der Waals surface area contributed by atoms with Gasteiger partial charge in [-0.05, 0) is 143 Å². The molecular formula is C86H74B34N22O6. The van der Waals surface area contributed by atoms with Crippen molar-refractivity contribution in [1.29, 1.82) is 0 Å². The van der Waals surface area contributed by atoms with Crippen LogP contribution in [0.15, 0.2) is 248 Å². The minimum Gasteiger partial charge on any atom is -0.369 e. The second-order valence-corrected chi connectivity index (χ2v) is 35.2. The Labute approximate surface area is 898 Å². The van der Waals surface area contributed by atoms with Crippen molar-refractivity contribution < 1.29 is 28.2 Å². The molecule has 666 valence electrons. The number of hydrogen-bond donors (Lipinski definition) is 4. The smallest absolute Gasteiger partial charge is 0.265 e. The zero-order chi connectivity index (χ0) is 110. The Bertz CT molecular complexity index is 6840. The Morgan fingerprint density at radius 3 is 0.993 bits per heavy atom. The molecule has 4 aromatic heterocycles. The van der Waals surface area contributed by atoms with E-state index in [1.807, 2.05) is 198 Å². The maximum absolute atomic E-state index is 12.8. The molecular weight excluding hydrogens is 1800 g/mol. The van der Waals surface area contributed by atoms with Gasteiger partial charge in [-0.3, -0.25) is 48.1 Å². The fraction of sp³-hybridized carbons (Fsp3) is 0.163. The van der Waals surface area contributed by atoms with Crippen molar-refractivity contribution in [3.8, 4) is 44.5 Å². The van der Waals surface area contributed by atoms with E-state index in [9.17, 15) is 19.2 Å². The number of hydrogen-bond acceptors (Lipinski definition) is 18. The normalized spacial score (nSPS) is 16.3. The molecule has 8 heterocycles. The van der Waals surface area contributed by atoms with E-state index >= 15 is 0 Å². The van der Waals surface area contributed by atoms with Crippen LogP contribution in [0.25, 0.3) is 63.9 Å². The molecule has 0 saturated carbocycles. The lowest BCUT2D eigenvalue weighted by Gasteiger charge is -2.27. The van der Waals surface area contributed by atoms with Crippen molar-refractivity contribution in [3.63, 3.8) is 0 Å². The Morgan fingerprint density at radius 2 is 0.682 bits per heavy atom. The third-order valence-corrected chi connectivity index (χ3v) is 24.5. The summed E-state index contributed by atoms with van der Waals surface area (Å²) in [5, 5.41) is 16.7. The third kappa shape index (κ3) is 27.7. The summed E-state index contributed by atoms with van der Waals surface area (Å²) in [6.45, 7) is 36.5. The van der Waals surface area contributed by atoms with Crippen LogP contribution in [-0.2, 0) is 36.3 Å². The molecule has 148 heavy (non-hydrogen) atoms. The zero-order valence-corrected chi connectivity index (χ0v) is 83.2. The van der Waals surface area contributed by atoms with Crippen LogP contribution in [-0.4, -0.2) is 371 Å². The summed E-state index contributed by atoms with van der Waals surface area (Å²) >= 11 is 0. The molecule has 12 aromatic rings. The first kappa shape index (κ1) is 118. The summed E-state index contributed by atoms with van der Waals surface area (Å²) in [5.41, 5.74) is 36.9. The van der Waals surface area contributed by atoms with Crippen molar-refractivity contribution in [2.45, 2.75) is 49.9 Å². The summed E-state index contributed by atoms with van der Waals surface area (Å²) in [4.78, 5) is 88.8. The molecule has 16 rings (SSSR count). The second-order valence-electron chi connectivity index (χ2n) is 35.2. The molecule has 42 radical (unpaired) electrons. The van der Waals surface area contributed by atoms with Gasteiger partial charge in [0.2, 0.25) is 0 Å². The number of carbonyl (C=O) groups excluding carboxylic acids is 4. The number of benzene rings is 8. The summed E-state index contributed by atoms with van der Waals surface area (Å²) in [6.07, 6.45) is -0.638. The van der Waals surface area contributed by atoms with E-state index in [1.54, 1.807) is 88.3 Å². The SMILES string of the molecule is [B]B([B])B(B([B])[B])B([B])[B].[B]B([B])B([B])B([B])[B].[B][B]B(B([B])[B])B([B])[B].[B][B]B([B])B([B])[B].[C-]#[N+]c1cccc(-c2cccc(C3(C)N=C(N)N(C)C(=O)c4cn(C)nc43)c2)c1.[C-]#[N+]c1cccc(-c2cccc(C3(C)N=C(N)N(C)C(=O)c4cnn(C)c43)c2)c1.[C-]#[N+]c1cccc(-c2cccc(C3(C)N=C(N)N(C)C(=O)c4cnoc43)c2)c1.[C-]#[N+]c1cccc(-c2cccc(C3(C)N=C(N)N(C)C(=O)c4conc43)c2)c1. The molecule has 0 bridgehead atoms. The van der Waals surface area contributed by atoms with E-state index in [4.69, 9.17) is 223 Å². The molecule has 8 aromatic carbocycles. The van der Waals surface area contributed by atoms with Crippen LogP contribution in [0, 0.1) is 26.3 Å². The molecule has 0 saturated heterocycles. The Balaban J connectivity index is 0.000000198. The first-order valence-corrected chi connectivity index (χ1v) is 45.4. The van der Waals surface area contributed by atoms with E-state index in [0.717, 1.165) is 66.8 Å². The van der Waals surface area contributed by atoms with Gasteiger partial charge in [-0.25, -0.2) is 39.3 Å². The van der Waals surface area contributed by atoms with Crippen molar-refractivity contribution in [1.82, 2.24) is 49.5 Å². The zero-order valence-electron chi connectivity index (χ0n) is 83.2. The van der Waals surface area contributed by atoms with Gasteiger partial charge in [-0.15, -0.1) is 0 Å². The first-order chi connectivity index (χ1) is 69.8. The van der Waals surface area contributed by atoms with Gasteiger partial charge in [0.1, 0.15) is 50.9 Å². The highest BCUT2D eigenvalue weighted by Gasteiger charge is 2.46. The van der Waals surface area contributed by atoms with Gasteiger partial charge in [0.15, 0.2) is 52.3 Å². The molecule has 0 fully saturated rings. The topological polar surface area (TPSA) is 340 Å². The van der Waals surface area contributed by atoms with E-state index < -0.39 is 86.0 Å². The number of guanidine groups is 4. The lowest BCUT2D eigenvalue weighted by atomic mass is 8.58. The molecule has 4 atom stereocenters. The van der Waals surface area contributed by atoms with Crippen molar-refractivity contribution >= 4 is 316 Å². The predicted octanol–water partition coefficient (Wildman–Crippen LogP) is 0.769. The van der Waals surface area contributed by atoms with Gasteiger partial charge in [-0.1, -0.05) is 156 Å². The van der Waals surface area contributed by atoms with Gasteiger partial charge in [0.05, 0.1) is 55.5 Å². The highest BCUT2D eigenvalue weighted by atomic mass is 16.5. The number of nitrogens with two attached hydrogens (primary N) is 4. The van der Waals surface area contributed by atoms with Gasteiger partial charge in [0, 0.05) is 294 Å². The maximum atomic E-state index is 12.8. The Kier molecular flexibility index (Phi) is 41.4. The van der Waals surface area contributed by atoms with E-state index in [-0.39, 0.29) is 60.2 Å². The predicted molar refractivity (Wildman–Crippen MR) is 628 cm³/mol. The van der Waals surface area contributed by atoms with E-state index in [2.05, 4.69) is 49.9 Å². The quantitative estimate of drug-likeness (QED) is 0.0682. The average molecular weight is 1880 g/mol. The second kappa shape index (κ2) is 51.9. The van der Waals surface area contributed by atoms with Crippen LogP contribution >= 0.6 is 0 Å². The van der Waals surface area contributed by atoms with Gasteiger partial charge in [-0.2, -0.15) is 10.2 Å². The van der Waals surface area contributed by atoms with Gasteiger partial charge < -0.3 is 32.0 Å². The summed E-state index contributed by atoms with van der Waals surface area (Å²) < 4.78 is 13.8. The lowest BCUT2D eigenvalue weighted by molar-refractivity contribution is 0.0861. The minimum atomic E-state index is -1.02. The van der Waals surface area contributed by atoms with Crippen LogP contribution < -0.4 is 22.9 Å². The molecule has 4 amide bonds. The summed E-state index contributed by atoms with van der Waals surface area (Å²) in [6, 6.07) is 60.9. The number of aliphatic imine (C=N–C) groups is 4. The fourth-order valence-electron chi connectivity index (χ4n) is 15.7. The molecule has 8 N–H and O–H groups in total. The first-order valence-electron chi connectivity index (χ1n) is 45.4. The summed E-state index contributed by atoms with van der Waals surface area (Å²) in [5.74, 6) is -0.281. The molecule has 4 aliphatic heterocycles. The van der Waals surface area contributed by atoms with Crippen LogP contribution in [0.3, 0.4) is 0 Å². The fourth-order valence-corrected chi connectivity index (χ4v) is 15.7. The molecule has 28 nitrogen and oxygen atoms in total. The third-order valence-electron chi connectivity index (χ3n) is 24.5. The number of carbonyl (C=O) groups is 4. The monoisotopic (exact) mass is 1880 g/mol. The molecule has 0 spiro atoms. The molecule has 62 heteroatoms. The average Bonchev–Trinajstić information content (AvgIpc) is 1.59. The highest BCUT2D eigenvalue weighted by Crippen LogP contribution is 2.45. The minimum absolute atomic E-state index is 0.0966. The maximum Gasteiger partial charge on any atom is 0.265 e. The number of amides is 4. The van der Waals surface area contributed by atoms with E-state index in [0.29, 0.717) is 67.8 Å². The largest absolute Gasteiger partial charge is 0.369 e. The van der Waals surface area contributed by atoms with Crippen molar-refractivity contribution in [2.75, 3.05) is 28.2 Å². The van der Waals surface area contributed by atoms with Gasteiger partial charge in [0.25, 0.3) is 23.6 Å². The van der Waals surface area contributed by atoms with Crippen LogP contribution in [0.1, 0.15) is 114 Å². The summed E-state index contributed by atoms with van der Waals surface area (Å²) in [7, 11) is 117. The number of rotatable bonds is 18. The van der Waals surface area contributed by atoms with Crippen molar-refractivity contribution in [3.05, 3.63) is 332 Å². The molecule has 4 aliphatic rings. The number of aryl methyl sites for hydroxylation is 2. The number of fused-ring (bicyclic) bond motifs is 4. The van der Waals surface area contributed by atoms with E-state index in [1.165, 1.54) is 46.2 Å². The standard InChI is InChI=1S/2C22H20N6O.2C21H17N5O2.B10.B9.B8.B7/c1-22(19-18(13-27(3)26-19)20(29)28(4)21(23)25-22)16-9-5-7-14(11-16)15-8-6-10-17(12-15)24-2;1-22(19-18(13-25-28(19)4)20(29)27(3)21(23)26-22)16-9-5-7-14(11-16)15-8-6-10-17(12-15)24-2;1-21(18-17(12-28-25-18)19(27)26(3)20(22)24-21)15-8-4-6-13(10-15)14-7-5-9-16(11-14)23-2;1-21(18-17(12-24-28-18)19(27)26(3)20(22)25-21)15-8-4-6-13(10-15)14-7-5-9-16(11-14)23-2;1-7(2)10(8(3)4)9(5)6;1-6-9(7(2)3)8(4)5;1-6(2)8(5)7(3)4;1-5-7(4)6(2)3/h5-13H,1,3-4H3,(H2,23,25);5-13H,1,3-4H3,(H2,23,26);4-12H,1,3H3,(H2,22,24);4-12H,1,3H3,(H2,22,25);;;;. The van der Waals surface area contributed by atoms with Crippen LogP contribution in [0.4, 0.5) is 22.7 Å². The van der Waals surface area contributed by atoms with Crippen molar-refractivity contribution in [2.24, 2.45) is 57.0 Å². The van der Waals surface area contributed by atoms with Crippen LogP contribution in [0.5, 0.6) is 0 Å². The highest BCUT2D eigenvalue weighted by molar-refractivity contribution is 8.00. The van der Waals surface area contributed by atoms with Crippen LogP contribution in [0.2, 0.25) is 0 Å². The molecule has 4 unspecified atom stereocenters. The van der Waals surface area contributed by atoms with Gasteiger partial charge >= 0.3 is 0 Å². The lowest BCUT2D eigenvalue weighted by Crippen LogP contribution is -2.62. The Morgan fingerprint density at radius 1 is 0.365 bits per heavy atom. The molecule has 0 aliphatic carbocycles.